The molecular formula is C11H21N3. The van der Waals surface area contributed by atoms with E-state index in [1.807, 2.05) is 17.8 Å². The number of hydrogen-bond acceptors (Lipinski definition) is 2. The molecule has 0 bridgehead atoms. The van der Waals surface area contributed by atoms with Gasteiger partial charge < -0.3 is 5.73 Å². The number of nitrogens with two attached hydrogens (primary N) is 1. The average Bonchev–Trinajstić information content (AvgIpc) is 2.48. The first kappa shape index (κ1) is 11.1. The molecule has 3 heteroatoms. The van der Waals surface area contributed by atoms with Gasteiger partial charge in [-0.05, 0) is 20.3 Å². The van der Waals surface area contributed by atoms with E-state index in [4.69, 9.17) is 5.73 Å². The van der Waals surface area contributed by atoms with Crippen molar-refractivity contribution in [2.45, 2.75) is 52.5 Å². The maximum absolute atomic E-state index is 5.91. The fourth-order valence-corrected chi connectivity index (χ4v) is 1.62. The molecule has 80 valence electrons. The molecule has 0 radical (unpaired) electrons. The Labute approximate surface area is 86.3 Å². The molecule has 0 spiro atoms. The van der Waals surface area contributed by atoms with E-state index in [0.717, 1.165) is 11.4 Å². The summed E-state index contributed by atoms with van der Waals surface area (Å²) in [5, 5.41) is 4.29. The van der Waals surface area contributed by atoms with Gasteiger partial charge in [0.05, 0.1) is 12.2 Å². The third kappa shape index (κ3) is 2.50. The summed E-state index contributed by atoms with van der Waals surface area (Å²) in [4.78, 5) is 0. The number of hydrogen-bond donors (Lipinski definition) is 1. The van der Waals surface area contributed by atoms with Crippen molar-refractivity contribution in [3.05, 3.63) is 11.8 Å². The number of unbranched alkanes of at least 4 members (excludes halogenated alkanes) is 2. The Kier molecular flexibility index (Phi) is 3.98. The van der Waals surface area contributed by atoms with Gasteiger partial charge in [-0.2, -0.15) is 5.10 Å². The van der Waals surface area contributed by atoms with Crippen LogP contribution < -0.4 is 5.73 Å². The summed E-state index contributed by atoms with van der Waals surface area (Å²) in [5.41, 5.74) is 6.98. The van der Waals surface area contributed by atoms with Crippen LogP contribution in [0.25, 0.3) is 0 Å². The lowest BCUT2D eigenvalue weighted by Crippen LogP contribution is -2.10. The highest BCUT2D eigenvalue weighted by atomic mass is 15.3. The summed E-state index contributed by atoms with van der Waals surface area (Å²) < 4.78 is 1.94. The molecule has 0 saturated carbocycles. The Balaban J connectivity index is 2.52. The molecule has 0 amide bonds. The van der Waals surface area contributed by atoms with Gasteiger partial charge in [0.1, 0.15) is 5.82 Å². The van der Waals surface area contributed by atoms with Crippen molar-refractivity contribution in [1.82, 2.24) is 9.78 Å². The van der Waals surface area contributed by atoms with Gasteiger partial charge in [-0.3, -0.25) is 0 Å². The number of aryl methyl sites for hydroxylation is 1. The molecule has 2 N–H and O–H groups in total. The minimum atomic E-state index is 0.426. The highest BCUT2D eigenvalue weighted by Gasteiger charge is 2.09. The van der Waals surface area contributed by atoms with E-state index < -0.39 is 0 Å². The van der Waals surface area contributed by atoms with Crippen LogP contribution >= 0.6 is 0 Å². The van der Waals surface area contributed by atoms with Crippen LogP contribution in [0, 0.1) is 6.92 Å². The predicted octanol–water partition coefficient (Wildman–Crippen LogP) is 2.92. The summed E-state index contributed by atoms with van der Waals surface area (Å²) in [6, 6.07) is 0.426. The standard InChI is InChI=1S/C11H21N3/c1-4-5-6-7-10(3)14-11(12)9(2)8-13-14/h8,10H,4-7,12H2,1-3H3. The minimum Gasteiger partial charge on any atom is -0.384 e. The monoisotopic (exact) mass is 195 g/mol. The Bertz CT molecular complexity index is 278. The zero-order valence-corrected chi connectivity index (χ0v) is 9.45. The molecule has 0 aromatic carbocycles. The maximum Gasteiger partial charge on any atom is 0.124 e. The third-order valence-corrected chi connectivity index (χ3v) is 2.67. The second-order valence-electron chi connectivity index (χ2n) is 4.00. The molecule has 1 aromatic heterocycles. The van der Waals surface area contributed by atoms with Gasteiger partial charge in [0.2, 0.25) is 0 Å². The Morgan fingerprint density at radius 2 is 2.21 bits per heavy atom. The molecule has 0 saturated heterocycles. The maximum atomic E-state index is 5.91. The van der Waals surface area contributed by atoms with E-state index in [2.05, 4.69) is 18.9 Å². The van der Waals surface area contributed by atoms with Gasteiger partial charge >= 0.3 is 0 Å². The van der Waals surface area contributed by atoms with E-state index in [0.29, 0.717) is 6.04 Å². The first-order valence-corrected chi connectivity index (χ1v) is 5.46. The lowest BCUT2D eigenvalue weighted by molar-refractivity contribution is 0.444. The second kappa shape index (κ2) is 5.03. The van der Waals surface area contributed by atoms with Crippen LogP contribution in [0.3, 0.4) is 0 Å². The number of nitrogens with zero attached hydrogens (tertiary/aromatic N) is 2. The van der Waals surface area contributed by atoms with Crippen molar-refractivity contribution >= 4 is 5.82 Å². The molecule has 0 aliphatic carbocycles. The molecule has 0 aliphatic heterocycles. The summed E-state index contributed by atoms with van der Waals surface area (Å²) in [6.45, 7) is 6.40. The molecule has 0 aliphatic rings. The number of anilines is 1. The van der Waals surface area contributed by atoms with Crippen LogP contribution in [-0.2, 0) is 0 Å². The Morgan fingerprint density at radius 3 is 2.71 bits per heavy atom. The number of rotatable bonds is 5. The fourth-order valence-electron chi connectivity index (χ4n) is 1.62. The molecule has 1 unspecified atom stereocenters. The van der Waals surface area contributed by atoms with Crippen molar-refractivity contribution in [3.8, 4) is 0 Å². The van der Waals surface area contributed by atoms with Crippen molar-refractivity contribution in [3.63, 3.8) is 0 Å². The van der Waals surface area contributed by atoms with Gasteiger partial charge in [0.25, 0.3) is 0 Å². The minimum absolute atomic E-state index is 0.426. The van der Waals surface area contributed by atoms with Crippen molar-refractivity contribution in [2.75, 3.05) is 5.73 Å². The summed E-state index contributed by atoms with van der Waals surface area (Å²) in [7, 11) is 0. The van der Waals surface area contributed by atoms with Gasteiger partial charge in [0, 0.05) is 5.56 Å². The van der Waals surface area contributed by atoms with Crippen LogP contribution in [0.2, 0.25) is 0 Å². The van der Waals surface area contributed by atoms with Gasteiger partial charge in [0.15, 0.2) is 0 Å². The quantitative estimate of drug-likeness (QED) is 0.734. The third-order valence-electron chi connectivity index (χ3n) is 2.67. The highest BCUT2D eigenvalue weighted by Crippen LogP contribution is 2.19. The summed E-state index contributed by atoms with van der Waals surface area (Å²) >= 11 is 0. The van der Waals surface area contributed by atoms with Gasteiger partial charge in [-0.1, -0.05) is 26.2 Å². The van der Waals surface area contributed by atoms with Crippen LogP contribution in [0.4, 0.5) is 5.82 Å². The lowest BCUT2D eigenvalue weighted by atomic mass is 10.1. The van der Waals surface area contributed by atoms with E-state index in [-0.39, 0.29) is 0 Å². The number of aromatic nitrogens is 2. The molecule has 3 nitrogen and oxygen atoms in total. The second-order valence-corrected chi connectivity index (χ2v) is 4.00. The average molecular weight is 195 g/mol. The molecule has 0 fully saturated rings. The summed E-state index contributed by atoms with van der Waals surface area (Å²) in [5.74, 6) is 0.814. The fraction of sp³-hybridized carbons (Fsp3) is 0.727. The molecule has 1 aromatic rings. The van der Waals surface area contributed by atoms with Crippen molar-refractivity contribution < 1.29 is 0 Å². The van der Waals surface area contributed by atoms with Crippen molar-refractivity contribution in [1.29, 1.82) is 0 Å². The molecule has 1 atom stereocenters. The summed E-state index contributed by atoms with van der Waals surface area (Å²) in [6.07, 6.45) is 6.83. The van der Waals surface area contributed by atoms with Crippen LogP contribution in [-0.4, -0.2) is 9.78 Å². The zero-order valence-electron chi connectivity index (χ0n) is 9.45. The topological polar surface area (TPSA) is 43.8 Å². The molecule has 1 rings (SSSR count). The van der Waals surface area contributed by atoms with Crippen molar-refractivity contribution in [2.24, 2.45) is 0 Å². The van der Waals surface area contributed by atoms with Crippen LogP contribution in [0.1, 0.15) is 51.1 Å². The molecule has 14 heavy (non-hydrogen) atoms. The van der Waals surface area contributed by atoms with E-state index >= 15 is 0 Å². The smallest absolute Gasteiger partial charge is 0.124 e. The van der Waals surface area contributed by atoms with Crippen LogP contribution in [0.15, 0.2) is 6.20 Å². The largest absolute Gasteiger partial charge is 0.384 e. The van der Waals surface area contributed by atoms with Crippen LogP contribution in [0.5, 0.6) is 0 Å². The van der Waals surface area contributed by atoms with E-state index in [1.54, 1.807) is 0 Å². The molecule has 1 heterocycles. The van der Waals surface area contributed by atoms with E-state index in [1.165, 1.54) is 25.7 Å². The SMILES string of the molecule is CCCCCC(C)n1ncc(C)c1N. The van der Waals surface area contributed by atoms with Gasteiger partial charge in [-0.25, -0.2) is 4.68 Å². The predicted molar refractivity (Wildman–Crippen MR) is 60.2 cm³/mol. The van der Waals surface area contributed by atoms with Gasteiger partial charge in [-0.15, -0.1) is 0 Å². The normalized spacial score (nSPS) is 13.1. The highest BCUT2D eigenvalue weighted by molar-refractivity contribution is 5.37. The lowest BCUT2D eigenvalue weighted by Gasteiger charge is -2.13. The number of nitrogen functional groups attached to an aromatic ring is 1. The first-order valence-electron chi connectivity index (χ1n) is 5.46. The Hall–Kier alpha value is -0.990. The Morgan fingerprint density at radius 1 is 1.50 bits per heavy atom. The van der Waals surface area contributed by atoms with E-state index in [9.17, 15) is 0 Å². The molecular weight excluding hydrogens is 174 g/mol. The first-order chi connectivity index (χ1) is 6.66. The zero-order chi connectivity index (χ0) is 10.6.